The van der Waals surface area contributed by atoms with Gasteiger partial charge >= 0.3 is 5.97 Å². The second-order valence-electron chi connectivity index (χ2n) is 4.65. The summed E-state index contributed by atoms with van der Waals surface area (Å²) in [6.45, 7) is 1.85. The Balaban J connectivity index is 2.08. The van der Waals surface area contributed by atoms with Gasteiger partial charge in [-0.15, -0.1) is 0 Å². The number of carbonyl (C=O) groups is 1. The van der Waals surface area contributed by atoms with E-state index in [1.807, 2.05) is 0 Å². The molecule has 0 spiro atoms. The number of rotatable bonds is 4. The molecule has 0 aliphatic carbocycles. The fourth-order valence-electron chi connectivity index (χ4n) is 2.31. The fraction of sp³-hybridized carbons (Fsp3) is 0.462. The van der Waals surface area contributed by atoms with Gasteiger partial charge in [0.2, 0.25) is 0 Å². The molecule has 1 atom stereocenters. The van der Waals surface area contributed by atoms with Gasteiger partial charge in [-0.3, -0.25) is 0 Å². The van der Waals surface area contributed by atoms with E-state index in [-0.39, 0.29) is 5.56 Å². The van der Waals surface area contributed by atoms with Crippen molar-refractivity contribution in [2.24, 2.45) is 0 Å². The number of nitrogens with zero attached hydrogens (tertiary/aromatic N) is 1. The molecule has 98 valence electrons. The van der Waals surface area contributed by atoms with Gasteiger partial charge in [-0.2, -0.15) is 0 Å². The van der Waals surface area contributed by atoms with Crippen LogP contribution in [0.15, 0.2) is 18.2 Å². The normalized spacial score (nSPS) is 20.0. The topological polar surface area (TPSA) is 52.6 Å². The minimum absolute atomic E-state index is 0.264. The Morgan fingerprint density at radius 3 is 3.00 bits per heavy atom. The van der Waals surface area contributed by atoms with Gasteiger partial charge in [0.1, 0.15) is 0 Å². The Hall–Kier alpha value is -1.26. The quantitative estimate of drug-likeness (QED) is 0.881. The summed E-state index contributed by atoms with van der Waals surface area (Å²) in [7, 11) is 2.09. The van der Waals surface area contributed by atoms with Crippen LogP contribution in [0.2, 0.25) is 5.02 Å². The lowest BCUT2D eigenvalue weighted by Crippen LogP contribution is -2.31. The molecule has 1 aliphatic rings. The van der Waals surface area contributed by atoms with Gasteiger partial charge in [0.15, 0.2) is 0 Å². The Morgan fingerprint density at radius 2 is 2.39 bits per heavy atom. The predicted molar refractivity (Wildman–Crippen MR) is 72.6 cm³/mol. The van der Waals surface area contributed by atoms with Gasteiger partial charge in [0.25, 0.3) is 0 Å². The van der Waals surface area contributed by atoms with Crippen LogP contribution in [0.3, 0.4) is 0 Å². The molecular weight excluding hydrogens is 252 g/mol. The molecular formula is C13H17ClN2O2. The van der Waals surface area contributed by atoms with E-state index < -0.39 is 5.97 Å². The lowest BCUT2D eigenvalue weighted by Gasteiger charge is -2.21. The maximum Gasteiger partial charge on any atom is 0.337 e. The molecule has 1 heterocycles. The van der Waals surface area contributed by atoms with E-state index in [1.54, 1.807) is 12.1 Å². The van der Waals surface area contributed by atoms with Gasteiger partial charge in [0, 0.05) is 17.6 Å². The maximum atomic E-state index is 11.1. The lowest BCUT2D eigenvalue weighted by atomic mass is 10.1. The number of likely N-dealkylation sites (N-methyl/N-ethyl adjacent to an activating group) is 1. The number of carboxylic acid groups (broad SMARTS) is 1. The van der Waals surface area contributed by atoms with Gasteiger partial charge < -0.3 is 15.3 Å². The monoisotopic (exact) mass is 268 g/mol. The third-order valence-corrected chi connectivity index (χ3v) is 3.65. The van der Waals surface area contributed by atoms with Crippen molar-refractivity contribution in [3.05, 3.63) is 28.8 Å². The summed E-state index contributed by atoms with van der Waals surface area (Å²) in [5, 5.41) is 12.9. The smallest absolute Gasteiger partial charge is 0.337 e. The molecule has 1 aromatic rings. The first-order chi connectivity index (χ1) is 8.58. The molecule has 4 nitrogen and oxygen atoms in total. The predicted octanol–water partition coefficient (Wildman–Crippen LogP) is 2.54. The second-order valence-corrected chi connectivity index (χ2v) is 5.09. The molecule has 0 bridgehead atoms. The molecule has 0 radical (unpaired) electrons. The van der Waals surface area contributed by atoms with Crippen molar-refractivity contribution in [2.45, 2.75) is 18.9 Å². The molecule has 18 heavy (non-hydrogen) atoms. The zero-order chi connectivity index (χ0) is 13.1. The molecule has 0 saturated carbocycles. The summed E-state index contributed by atoms with van der Waals surface area (Å²) in [5.74, 6) is -0.936. The Labute approximate surface area is 112 Å². The number of nitrogens with one attached hydrogen (secondary N) is 1. The summed E-state index contributed by atoms with van der Waals surface area (Å²) in [6.07, 6.45) is 2.34. The highest BCUT2D eigenvalue weighted by Gasteiger charge is 2.21. The zero-order valence-electron chi connectivity index (χ0n) is 10.3. The fourth-order valence-corrected chi connectivity index (χ4v) is 2.49. The highest BCUT2D eigenvalue weighted by atomic mass is 35.5. The van der Waals surface area contributed by atoms with Crippen LogP contribution in [0.4, 0.5) is 5.69 Å². The maximum absolute atomic E-state index is 11.1. The van der Waals surface area contributed by atoms with Gasteiger partial charge in [-0.05, 0) is 44.6 Å². The van der Waals surface area contributed by atoms with Crippen LogP contribution in [-0.4, -0.2) is 42.2 Å². The van der Waals surface area contributed by atoms with Crippen LogP contribution >= 0.6 is 11.6 Å². The van der Waals surface area contributed by atoms with Crippen LogP contribution < -0.4 is 5.32 Å². The number of benzene rings is 1. The lowest BCUT2D eigenvalue weighted by molar-refractivity contribution is 0.0698. The minimum atomic E-state index is -0.936. The summed E-state index contributed by atoms with van der Waals surface area (Å²) >= 11 is 5.90. The molecule has 1 aliphatic heterocycles. The molecule has 2 N–H and O–H groups in total. The number of hydrogen-bond donors (Lipinski definition) is 2. The Kier molecular flexibility index (Phi) is 4.09. The average molecular weight is 269 g/mol. The third-order valence-electron chi connectivity index (χ3n) is 3.41. The number of anilines is 1. The molecule has 1 fully saturated rings. The minimum Gasteiger partial charge on any atom is -0.478 e. The van der Waals surface area contributed by atoms with E-state index in [4.69, 9.17) is 16.7 Å². The largest absolute Gasteiger partial charge is 0.478 e. The van der Waals surface area contributed by atoms with E-state index in [1.165, 1.54) is 12.5 Å². The molecule has 0 aromatic heterocycles. The number of hydrogen-bond acceptors (Lipinski definition) is 3. The van der Waals surface area contributed by atoms with E-state index in [0.29, 0.717) is 16.8 Å². The van der Waals surface area contributed by atoms with Crippen molar-refractivity contribution in [1.82, 2.24) is 4.90 Å². The van der Waals surface area contributed by atoms with Crippen molar-refractivity contribution in [1.29, 1.82) is 0 Å². The Morgan fingerprint density at radius 1 is 1.61 bits per heavy atom. The van der Waals surface area contributed by atoms with Crippen molar-refractivity contribution < 1.29 is 9.90 Å². The number of aromatic carboxylic acids is 1. The second kappa shape index (κ2) is 5.59. The molecule has 1 aromatic carbocycles. The summed E-state index contributed by atoms with van der Waals surface area (Å²) in [5.41, 5.74) is 0.857. The molecule has 5 heteroatoms. The van der Waals surface area contributed by atoms with Crippen LogP contribution in [0.1, 0.15) is 23.2 Å². The van der Waals surface area contributed by atoms with Crippen LogP contribution in [-0.2, 0) is 0 Å². The van der Waals surface area contributed by atoms with E-state index >= 15 is 0 Å². The van der Waals surface area contributed by atoms with Gasteiger partial charge in [0.05, 0.1) is 11.3 Å². The van der Waals surface area contributed by atoms with E-state index in [9.17, 15) is 4.79 Å². The standard InChI is InChI=1S/C13H17ClN2O2/c1-16-6-2-3-10(16)8-15-12-7-9(14)4-5-11(12)13(17)18/h4-5,7,10,15H,2-3,6,8H2,1H3,(H,17,18). The van der Waals surface area contributed by atoms with Crippen LogP contribution in [0.5, 0.6) is 0 Å². The van der Waals surface area contributed by atoms with Crippen LogP contribution in [0, 0.1) is 0 Å². The number of carboxylic acids is 1. The average Bonchev–Trinajstić information content (AvgIpc) is 2.72. The van der Waals surface area contributed by atoms with Crippen molar-refractivity contribution >= 4 is 23.3 Å². The Bertz CT molecular complexity index is 451. The number of halogens is 1. The molecule has 1 unspecified atom stereocenters. The van der Waals surface area contributed by atoms with Crippen molar-refractivity contribution in [3.8, 4) is 0 Å². The van der Waals surface area contributed by atoms with Gasteiger partial charge in [-0.25, -0.2) is 4.79 Å². The molecule has 2 rings (SSSR count). The van der Waals surface area contributed by atoms with E-state index in [2.05, 4.69) is 17.3 Å². The molecule has 1 saturated heterocycles. The first kappa shape index (κ1) is 13.2. The number of likely N-dealkylation sites (tertiary alicyclic amines) is 1. The third kappa shape index (κ3) is 2.94. The van der Waals surface area contributed by atoms with Crippen molar-refractivity contribution in [2.75, 3.05) is 25.5 Å². The van der Waals surface area contributed by atoms with E-state index in [0.717, 1.165) is 19.5 Å². The summed E-state index contributed by atoms with van der Waals surface area (Å²) in [4.78, 5) is 13.4. The zero-order valence-corrected chi connectivity index (χ0v) is 11.1. The molecule has 0 amide bonds. The first-order valence-corrected chi connectivity index (χ1v) is 6.42. The van der Waals surface area contributed by atoms with Crippen molar-refractivity contribution in [3.63, 3.8) is 0 Å². The first-order valence-electron chi connectivity index (χ1n) is 6.05. The van der Waals surface area contributed by atoms with Gasteiger partial charge in [-0.1, -0.05) is 11.6 Å². The highest BCUT2D eigenvalue weighted by Crippen LogP contribution is 2.22. The van der Waals surface area contributed by atoms with Crippen LogP contribution in [0.25, 0.3) is 0 Å². The summed E-state index contributed by atoms with van der Waals surface area (Å²) in [6, 6.07) is 5.26. The summed E-state index contributed by atoms with van der Waals surface area (Å²) < 4.78 is 0. The SMILES string of the molecule is CN1CCCC1CNc1cc(Cl)ccc1C(=O)O. The highest BCUT2D eigenvalue weighted by molar-refractivity contribution is 6.31.